The predicted octanol–water partition coefficient (Wildman–Crippen LogP) is 3.26. The number of carbonyl (C=O) groups excluding carboxylic acids is 3. The Hall–Kier alpha value is -2.91. The molecular formula is C19H17F4N5O4S2. The number of aromatic nitrogens is 1. The van der Waals surface area contributed by atoms with E-state index < -0.39 is 47.2 Å². The highest BCUT2D eigenvalue weighted by molar-refractivity contribution is 7.98. The smallest absolute Gasteiger partial charge is 0.403 e. The summed E-state index contributed by atoms with van der Waals surface area (Å²) in [4.78, 5) is 43.9. The summed E-state index contributed by atoms with van der Waals surface area (Å²) in [5.74, 6) is -3.58. The van der Waals surface area contributed by atoms with E-state index in [0.717, 1.165) is 28.4 Å². The molecule has 15 heteroatoms. The summed E-state index contributed by atoms with van der Waals surface area (Å²) in [6.45, 7) is 0. The van der Waals surface area contributed by atoms with Crippen molar-refractivity contribution in [2.24, 2.45) is 5.92 Å². The van der Waals surface area contributed by atoms with Crippen molar-refractivity contribution in [3.05, 3.63) is 29.4 Å². The minimum absolute atomic E-state index is 0.0667. The third-order valence-corrected chi connectivity index (χ3v) is 7.32. The fourth-order valence-corrected chi connectivity index (χ4v) is 5.63. The second-order valence-corrected chi connectivity index (χ2v) is 9.34. The topological polar surface area (TPSA) is 104 Å². The maximum Gasteiger partial charge on any atom is 0.573 e. The summed E-state index contributed by atoms with van der Waals surface area (Å²) < 4.78 is 57.5. The van der Waals surface area contributed by atoms with Gasteiger partial charge < -0.3 is 15.0 Å². The van der Waals surface area contributed by atoms with Gasteiger partial charge in [-0.05, 0) is 18.2 Å². The van der Waals surface area contributed by atoms with Gasteiger partial charge in [-0.1, -0.05) is 11.9 Å². The Bertz CT molecular complexity index is 1140. The van der Waals surface area contributed by atoms with Gasteiger partial charge in [0.1, 0.15) is 5.37 Å². The molecule has 1 aromatic carbocycles. The molecule has 2 fully saturated rings. The Kier molecular flexibility index (Phi) is 6.44. The molecule has 0 aliphatic carbocycles. The van der Waals surface area contributed by atoms with Crippen LogP contribution >= 0.6 is 23.3 Å². The molecule has 182 valence electrons. The number of ether oxygens (including phenoxy) is 1. The maximum absolute atomic E-state index is 14.0. The molecule has 4 rings (SSSR count). The van der Waals surface area contributed by atoms with Crippen LogP contribution in [-0.4, -0.2) is 64.5 Å². The average molecular weight is 520 g/mol. The molecule has 2 N–H and O–H groups in total. The number of hydrogen-bond acceptors (Lipinski definition) is 8. The molecular weight excluding hydrogens is 502 g/mol. The zero-order valence-corrected chi connectivity index (χ0v) is 19.2. The van der Waals surface area contributed by atoms with Crippen molar-refractivity contribution < 1.29 is 36.7 Å². The van der Waals surface area contributed by atoms with Crippen LogP contribution in [0.25, 0.3) is 11.3 Å². The first-order valence-corrected chi connectivity index (χ1v) is 11.5. The van der Waals surface area contributed by atoms with Crippen LogP contribution in [0.2, 0.25) is 0 Å². The molecule has 1 aromatic heterocycles. The normalized spacial score (nSPS) is 22.7. The number of benzene rings is 1. The zero-order valence-electron chi connectivity index (χ0n) is 17.6. The van der Waals surface area contributed by atoms with Gasteiger partial charge in [-0.25, -0.2) is 14.2 Å². The molecule has 3 unspecified atom stereocenters. The summed E-state index contributed by atoms with van der Waals surface area (Å²) in [5, 5.41) is 3.87. The first-order valence-electron chi connectivity index (χ1n) is 9.71. The third-order valence-electron chi connectivity index (χ3n) is 5.28. The van der Waals surface area contributed by atoms with Crippen molar-refractivity contribution in [1.29, 1.82) is 0 Å². The Morgan fingerprint density at radius 1 is 1.29 bits per heavy atom. The first-order chi connectivity index (χ1) is 15.9. The van der Waals surface area contributed by atoms with E-state index in [9.17, 15) is 31.9 Å². The summed E-state index contributed by atoms with van der Waals surface area (Å²) in [5.41, 5.74) is 0.445. The number of urea groups is 1. The Morgan fingerprint density at radius 2 is 2.03 bits per heavy atom. The van der Waals surface area contributed by atoms with Crippen molar-refractivity contribution >= 4 is 46.3 Å². The number of nitrogens with zero attached hydrogens (tertiary/aromatic N) is 3. The minimum Gasteiger partial charge on any atom is -0.403 e. The SMILES string of the molecule is CN1C(=O)C2C(CC(=O)Nc3nc(-c4ccc(OC(F)(F)F)c(F)c4)cs3)NSC2N(C)C1=O. The summed E-state index contributed by atoms with van der Waals surface area (Å²) >= 11 is 2.25. The molecule has 0 spiro atoms. The Morgan fingerprint density at radius 3 is 2.71 bits per heavy atom. The lowest BCUT2D eigenvalue weighted by atomic mass is 9.93. The molecule has 34 heavy (non-hydrogen) atoms. The molecule has 0 bridgehead atoms. The van der Waals surface area contributed by atoms with E-state index in [1.807, 2.05) is 0 Å². The zero-order chi connectivity index (χ0) is 24.8. The monoisotopic (exact) mass is 519 g/mol. The number of amides is 4. The average Bonchev–Trinajstić information content (AvgIpc) is 3.38. The van der Waals surface area contributed by atoms with E-state index in [-0.39, 0.29) is 28.7 Å². The molecule has 9 nitrogen and oxygen atoms in total. The van der Waals surface area contributed by atoms with Gasteiger partial charge in [0.25, 0.3) is 0 Å². The molecule has 3 atom stereocenters. The van der Waals surface area contributed by atoms with Crippen LogP contribution in [0.5, 0.6) is 5.75 Å². The molecule has 4 amide bonds. The highest BCUT2D eigenvalue weighted by Crippen LogP contribution is 2.38. The largest absolute Gasteiger partial charge is 0.573 e. The van der Waals surface area contributed by atoms with Crippen LogP contribution in [0.1, 0.15) is 6.42 Å². The quantitative estimate of drug-likeness (QED) is 0.462. The second kappa shape index (κ2) is 9.03. The fraction of sp³-hybridized carbons (Fsp3) is 0.368. The summed E-state index contributed by atoms with van der Waals surface area (Å²) in [6.07, 6.45) is -5.08. The molecule has 0 saturated carbocycles. The van der Waals surface area contributed by atoms with Crippen LogP contribution in [0.3, 0.4) is 0 Å². The standard InChI is InChI=1S/C19H17F4N5O4S2/c1-27-15(30)14-10(26-34-16(14)28(2)18(27)31)6-13(29)25-17-24-11(7-33-17)8-3-4-12(9(20)5-8)32-19(21,22)23/h3-5,7,10,14,16,26H,6H2,1-2H3,(H,24,25,29). The molecule has 0 radical (unpaired) electrons. The highest BCUT2D eigenvalue weighted by Gasteiger charge is 2.51. The van der Waals surface area contributed by atoms with Gasteiger partial charge in [0.2, 0.25) is 11.8 Å². The second-order valence-electron chi connectivity index (χ2n) is 7.53. The maximum atomic E-state index is 14.0. The van der Waals surface area contributed by atoms with Gasteiger partial charge in [-0.15, -0.1) is 24.5 Å². The number of thiazole rings is 1. The predicted molar refractivity (Wildman–Crippen MR) is 115 cm³/mol. The van der Waals surface area contributed by atoms with Crippen LogP contribution in [0, 0.1) is 11.7 Å². The van der Waals surface area contributed by atoms with E-state index >= 15 is 0 Å². The Balaban J connectivity index is 1.40. The number of fused-ring (bicyclic) bond motifs is 1. The number of nitrogens with one attached hydrogen (secondary N) is 2. The summed E-state index contributed by atoms with van der Waals surface area (Å²) in [7, 11) is 2.97. The van der Waals surface area contributed by atoms with E-state index in [0.29, 0.717) is 0 Å². The third kappa shape index (κ3) is 4.81. The van der Waals surface area contributed by atoms with Gasteiger partial charge in [-0.2, -0.15) is 0 Å². The van der Waals surface area contributed by atoms with Crippen molar-refractivity contribution in [3.63, 3.8) is 0 Å². The number of anilines is 1. The van der Waals surface area contributed by atoms with Crippen LogP contribution in [0.4, 0.5) is 27.5 Å². The van der Waals surface area contributed by atoms with Crippen molar-refractivity contribution in [1.82, 2.24) is 19.5 Å². The van der Waals surface area contributed by atoms with Gasteiger partial charge in [-0.3, -0.25) is 19.2 Å². The fourth-order valence-electron chi connectivity index (χ4n) is 3.65. The molecule has 2 saturated heterocycles. The number of carbonyl (C=O) groups is 3. The molecule has 2 aromatic rings. The van der Waals surface area contributed by atoms with Gasteiger partial charge in [0, 0.05) is 37.5 Å². The highest BCUT2D eigenvalue weighted by atomic mass is 32.2. The van der Waals surface area contributed by atoms with E-state index in [2.05, 4.69) is 19.8 Å². The first kappa shape index (κ1) is 24.2. The number of imide groups is 1. The van der Waals surface area contributed by atoms with E-state index in [4.69, 9.17) is 0 Å². The van der Waals surface area contributed by atoms with Crippen LogP contribution in [0.15, 0.2) is 23.6 Å². The lowest BCUT2D eigenvalue weighted by Gasteiger charge is -2.38. The van der Waals surface area contributed by atoms with E-state index in [1.54, 1.807) is 7.05 Å². The Labute approximate surface area is 198 Å². The van der Waals surface area contributed by atoms with Crippen molar-refractivity contribution in [3.8, 4) is 17.0 Å². The van der Waals surface area contributed by atoms with Gasteiger partial charge in [0.05, 0.1) is 11.6 Å². The number of alkyl halides is 3. The molecule has 2 aliphatic heterocycles. The van der Waals surface area contributed by atoms with Crippen molar-refractivity contribution in [2.75, 3.05) is 19.4 Å². The number of halogens is 4. The lowest BCUT2D eigenvalue weighted by molar-refractivity contribution is -0.275. The number of hydrogen-bond donors (Lipinski definition) is 2. The van der Waals surface area contributed by atoms with E-state index in [1.165, 1.54) is 35.3 Å². The van der Waals surface area contributed by atoms with Gasteiger partial charge in [0.15, 0.2) is 16.7 Å². The molecule has 2 aliphatic rings. The van der Waals surface area contributed by atoms with Gasteiger partial charge >= 0.3 is 12.4 Å². The van der Waals surface area contributed by atoms with Crippen LogP contribution < -0.4 is 14.8 Å². The minimum atomic E-state index is -5.02. The van der Waals surface area contributed by atoms with Crippen LogP contribution in [-0.2, 0) is 9.59 Å². The molecule has 3 heterocycles. The van der Waals surface area contributed by atoms with Crippen molar-refractivity contribution in [2.45, 2.75) is 24.2 Å². The number of rotatable bonds is 5. The summed E-state index contributed by atoms with van der Waals surface area (Å²) in [6, 6.07) is 1.97. The lowest BCUT2D eigenvalue weighted by Crippen LogP contribution is -2.58.